The van der Waals surface area contributed by atoms with Crippen LogP contribution in [0.1, 0.15) is 35.8 Å². The summed E-state index contributed by atoms with van der Waals surface area (Å²) in [5.41, 5.74) is 1.58. The van der Waals surface area contributed by atoms with Gasteiger partial charge in [0.15, 0.2) is 0 Å². The molecule has 1 amide bonds. The summed E-state index contributed by atoms with van der Waals surface area (Å²) >= 11 is 0. The zero-order chi connectivity index (χ0) is 13.0. The average Bonchev–Trinajstić information content (AvgIpc) is 2.67. The van der Waals surface area contributed by atoms with Gasteiger partial charge in [-0.15, -0.1) is 12.4 Å². The Morgan fingerprint density at radius 2 is 2.17 bits per heavy atom. The number of nitrogens with zero attached hydrogens (tertiary/aromatic N) is 3. The molecule has 0 saturated carbocycles. The van der Waals surface area contributed by atoms with E-state index in [1.807, 2.05) is 35.0 Å². The number of hydrogen-bond donors (Lipinski definition) is 1. The van der Waals surface area contributed by atoms with Gasteiger partial charge in [-0.3, -0.25) is 9.48 Å². The Labute approximate surface area is 115 Å². The number of hydrogen-bond acceptors (Lipinski definition) is 3. The first-order valence-electron chi connectivity index (χ1n) is 5.91. The van der Waals surface area contributed by atoms with Crippen LogP contribution in [0.25, 0.3) is 0 Å². The van der Waals surface area contributed by atoms with Crippen LogP contribution in [0.2, 0.25) is 0 Å². The maximum Gasteiger partial charge on any atom is 0.257 e. The summed E-state index contributed by atoms with van der Waals surface area (Å²) in [7, 11) is 5.54. The van der Waals surface area contributed by atoms with Gasteiger partial charge in [0.05, 0.1) is 11.3 Å². The second-order valence-electron chi connectivity index (χ2n) is 4.59. The van der Waals surface area contributed by atoms with Crippen LogP contribution < -0.4 is 5.32 Å². The molecular formula is C12H23ClN4O. The van der Waals surface area contributed by atoms with E-state index in [0.717, 1.165) is 12.2 Å². The van der Waals surface area contributed by atoms with Crippen molar-refractivity contribution in [1.82, 2.24) is 20.0 Å². The van der Waals surface area contributed by atoms with Crippen LogP contribution in [0.5, 0.6) is 0 Å². The van der Waals surface area contributed by atoms with Gasteiger partial charge in [0, 0.05) is 33.4 Å². The quantitative estimate of drug-likeness (QED) is 0.879. The molecule has 0 bridgehead atoms. The fourth-order valence-electron chi connectivity index (χ4n) is 1.68. The molecule has 0 aliphatic heterocycles. The maximum atomic E-state index is 12.2. The molecular weight excluding hydrogens is 252 g/mol. The number of amides is 1. The van der Waals surface area contributed by atoms with Crippen molar-refractivity contribution in [2.45, 2.75) is 19.8 Å². The average molecular weight is 275 g/mol. The van der Waals surface area contributed by atoms with Crippen molar-refractivity contribution in [2.75, 3.05) is 27.2 Å². The van der Waals surface area contributed by atoms with Crippen molar-refractivity contribution in [3.63, 3.8) is 0 Å². The predicted octanol–water partition coefficient (Wildman–Crippen LogP) is 1.26. The van der Waals surface area contributed by atoms with Crippen LogP contribution in [-0.4, -0.2) is 47.8 Å². The Morgan fingerprint density at radius 3 is 2.67 bits per heavy atom. The second kappa shape index (κ2) is 7.38. The van der Waals surface area contributed by atoms with Crippen molar-refractivity contribution in [2.24, 2.45) is 7.05 Å². The number of carbonyl (C=O) groups is 1. The molecule has 1 N–H and O–H groups in total. The molecule has 5 nitrogen and oxygen atoms in total. The molecule has 1 rings (SSSR count). The van der Waals surface area contributed by atoms with Crippen LogP contribution in [0, 0.1) is 0 Å². The van der Waals surface area contributed by atoms with Gasteiger partial charge in [0.2, 0.25) is 0 Å². The van der Waals surface area contributed by atoms with E-state index in [-0.39, 0.29) is 24.2 Å². The van der Waals surface area contributed by atoms with Crippen molar-refractivity contribution < 1.29 is 4.79 Å². The fraction of sp³-hybridized carbons (Fsp3) is 0.667. The number of carbonyl (C=O) groups excluding carboxylic acids is 1. The van der Waals surface area contributed by atoms with E-state index in [4.69, 9.17) is 0 Å². The highest BCUT2D eigenvalue weighted by Crippen LogP contribution is 2.18. The highest BCUT2D eigenvalue weighted by Gasteiger charge is 2.20. The first-order chi connectivity index (χ1) is 7.97. The van der Waals surface area contributed by atoms with Gasteiger partial charge in [-0.05, 0) is 13.0 Å². The molecule has 0 fully saturated rings. The summed E-state index contributed by atoms with van der Waals surface area (Å²) in [6.45, 7) is 5.58. The molecule has 0 atom stereocenters. The zero-order valence-corrected chi connectivity index (χ0v) is 12.5. The Hall–Kier alpha value is -1.07. The normalized spacial score (nSPS) is 10.3. The fourth-order valence-corrected chi connectivity index (χ4v) is 1.68. The lowest BCUT2D eigenvalue weighted by molar-refractivity contribution is 0.0795. The predicted molar refractivity (Wildman–Crippen MR) is 75.4 cm³/mol. The van der Waals surface area contributed by atoms with Gasteiger partial charge in [0.1, 0.15) is 0 Å². The minimum absolute atomic E-state index is 0. The Balaban J connectivity index is 0.00000289. The Bertz CT molecular complexity index is 389. The maximum absolute atomic E-state index is 12.2. The van der Waals surface area contributed by atoms with Gasteiger partial charge in [-0.1, -0.05) is 13.8 Å². The minimum Gasteiger partial charge on any atom is -0.340 e. The van der Waals surface area contributed by atoms with Crippen LogP contribution in [0.15, 0.2) is 6.20 Å². The van der Waals surface area contributed by atoms with Crippen LogP contribution in [-0.2, 0) is 7.05 Å². The van der Waals surface area contributed by atoms with Crippen LogP contribution in [0.4, 0.5) is 0 Å². The highest BCUT2D eigenvalue weighted by atomic mass is 35.5. The Morgan fingerprint density at radius 1 is 1.56 bits per heavy atom. The van der Waals surface area contributed by atoms with Crippen molar-refractivity contribution in [3.8, 4) is 0 Å². The Kier molecular flexibility index (Phi) is 6.94. The lowest BCUT2D eigenvalue weighted by Crippen LogP contribution is -2.33. The first kappa shape index (κ1) is 16.9. The molecule has 0 saturated heterocycles. The largest absolute Gasteiger partial charge is 0.340 e. The molecule has 1 aromatic heterocycles. The number of halogens is 1. The molecule has 0 aliphatic carbocycles. The van der Waals surface area contributed by atoms with E-state index in [1.54, 1.807) is 15.8 Å². The molecule has 1 aromatic rings. The van der Waals surface area contributed by atoms with E-state index >= 15 is 0 Å². The van der Waals surface area contributed by atoms with Crippen LogP contribution in [0.3, 0.4) is 0 Å². The molecule has 6 heteroatoms. The monoisotopic (exact) mass is 274 g/mol. The summed E-state index contributed by atoms with van der Waals surface area (Å²) in [6.07, 6.45) is 1.80. The third kappa shape index (κ3) is 3.99. The highest BCUT2D eigenvalue weighted by molar-refractivity contribution is 5.95. The lowest BCUT2D eigenvalue weighted by Gasteiger charge is -2.17. The number of likely N-dealkylation sites (N-methyl/N-ethyl adjacent to an activating group) is 2. The second-order valence-corrected chi connectivity index (χ2v) is 4.59. The number of nitrogens with one attached hydrogen (secondary N) is 1. The van der Waals surface area contributed by atoms with Crippen molar-refractivity contribution in [1.29, 1.82) is 0 Å². The molecule has 18 heavy (non-hydrogen) atoms. The number of rotatable bonds is 5. The van der Waals surface area contributed by atoms with E-state index in [9.17, 15) is 4.79 Å². The van der Waals surface area contributed by atoms with Gasteiger partial charge < -0.3 is 10.2 Å². The number of aromatic nitrogens is 2. The van der Waals surface area contributed by atoms with Gasteiger partial charge >= 0.3 is 0 Å². The van der Waals surface area contributed by atoms with E-state index < -0.39 is 0 Å². The van der Waals surface area contributed by atoms with Crippen molar-refractivity contribution >= 4 is 18.3 Å². The molecule has 0 aliphatic rings. The molecule has 0 spiro atoms. The number of aryl methyl sites for hydroxylation is 1. The van der Waals surface area contributed by atoms with E-state index in [0.29, 0.717) is 12.1 Å². The molecule has 104 valence electrons. The van der Waals surface area contributed by atoms with E-state index in [2.05, 4.69) is 10.4 Å². The topological polar surface area (TPSA) is 50.2 Å². The lowest BCUT2D eigenvalue weighted by atomic mass is 10.1. The molecule has 0 aromatic carbocycles. The van der Waals surface area contributed by atoms with Gasteiger partial charge in [-0.2, -0.15) is 5.10 Å². The minimum atomic E-state index is 0. The molecule has 0 unspecified atom stereocenters. The molecule has 1 heterocycles. The summed E-state index contributed by atoms with van der Waals surface area (Å²) in [6, 6.07) is 0. The molecule has 0 radical (unpaired) electrons. The third-order valence-electron chi connectivity index (χ3n) is 2.68. The smallest absolute Gasteiger partial charge is 0.257 e. The van der Waals surface area contributed by atoms with Crippen LogP contribution >= 0.6 is 12.4 Å². The third-order valence-corrected chi connectivity index (χ3v) is 2.68. The van der Waals surface area contributed by atoms with E-state index in [1.165, 1.54) is 0 Å². The summed E-state index contributed by atoms with van der Waals surface area (Å²) in [5, 5.41) is 7.38. The first-order valence-corrected chi connectivity index (χ1v) is 5.91. The zero-order valence-electron chi connectivity index (χ0n) is 11.7. The summed E-state index contributed by atoms with van der Waals surface area (Å²) < 4.78 is 1.70. The van der Waals surface area contributed by atoms with Crippen molar-refractivity contribution in [3.05, 3.63) is 17.5 Å². The van der Waals surface area contributed by atoms with Gasteiger partial charge in [0.25, 0.3) is 5.91 Å². The summed E-state index contributed by atoms with van der Waals surface area (Å²) in [5.74, 6) is 0.296. The standard InChI is InChI=1S/C12H22N4O.ClH/c1-9(2)11-10(8-16(5)14-11)12(17)15(4)7-6-13-3;/h8-9,13H,6-7H2,1-5H3;1H. The van der Waals surface area contributed by atoms with Gasteiger partial charge in [-0.25, -0.2) is 0 Å². The summed E-state index contributed by atoms with van der Waals surface area (Å²) in [4.78, 5) is 14.0. The SMILES string of the molecule is CNCCN(C)C(=O)c1cn(C)nc1C(C)C.Cl.